The van der Waals surface area contributed by atoms with Gasteiger partial charge in [-0.05, 0) is 33.9 Å². The average molecular weight is 552 g/mol. The van der Waals surface area contributed by atoms with Crippen molar-refractivity contribution in [3.05, 3.63) is 133 Å². The molecule has 192 valence electrons. The number of carbonyl (C=O) groups is 1. The lowest BCUT2D eigenvalue weighted by Gasteiger charge is -2.22. The van der Waals surface area contributed by atoms with Crippen LogP contribution >= 0.6 is 23.6 Å². The molecule has 0 aliphatic heterocycles. The standard InChI is InChI=1S/C30H21N3O4S2/c34-29-32-27(38)24(26-22-10-3-1-7-19(22)12-13-20-8-2-4-11-23(20)26)16-33(29)15-18-6-5-9-21(14-18)28-31-25(17-39-28)37-30(35)36/h1-14,16-17,26H,15H2,(H,35,36)(H,32,34,38). The Bertz CT molecular complexity index is 1820. The number of aromatic amines is 1. The van der Waals surface area contributed by atoms with Crippen LogP contribution in [0.1, 0.15) is 39.3 Å². The van der Waals surface area contributed by atoms with Gasteiger partial charge in [0, 0.05) is 23.2 Å². The molecule has 7 nitrogen and oxygen atoms in total. The van der Waals surface area contributed by atoms with Crippen molar-refractivity contribution in [3.8, 4) is 16.5 Å². The summed E-state index contributed by atoms with van der Waals surface area (Å²) in [6.45, 7) is 0.309. The van der Waals surface area contributed by atoms with E-state index < -0.39 is 6.16 Å². The quantitative estimate of drug-likeness (QED) is 0.181. The third-order valence-electron chi connectivity index (χ3n) is 6.61. The van der Waals surface area contributed by atoms with Crippen molar-refractivity contribution in [2.45, 2.75) is 12.5 Å². The van der Waals surface area contributed by atoms with E-state index in [1.807, 2.05) is 54.7 Å². The maximum absolute atomic E-state index is 13.0. The number of ether oxygens (including phenoxy) is 1. The second-order valence-corrected chi connectivity index (χ2v) is 10.3. The van der Waals surface area contributed by atoms with Crippen LogP contribution in [0.4, 0.5) is 4.79 Å². The molecule has 2 heterocycles. The summed E-state index contributed by atoms with van der Waals surface area (Å²) >= 11 is 6.99. The Hall–Kier alpha value is -4.60. The first-order valence-electron chi connectivity index (χ1n) is 12.1. The Labute approximate surface area is 232 Å². The van der Waals surface area contributed by atoms with E-state index in [1.54, 1.807) is 9.95 Å². The summed E-state index contributed by atoms with van der Waals surface area (Å²) in [5.41, 5.74) is 6.68. The Kier molecular flexibility index (Phi) is 6.52. The fourth-order valence-electron chi connectivity index (χ4n) is 4.91. The zero-order valence-corrected chi connectivity index (χ0v) is 22.0. The number of hydrogen-bond donors (Lipinski definition) is 2. The molecule has 0 spiro atoms. The minimum Gasteiger partial charge on any atom is -0.449 e. The van der Waals surface area contributed by atoms with Gasteiger partial charge in [0.2, 0.25) is 5.88 Å². The highest BCUT2D eigenvalue weighted by Crippen LogP contribution is 2.39. The SMILES string of the molecule is O=C(O)Oc1csc(-c2cccc(Cn3cc(C4c5ccccc5C=Cc5ccccc54)c(=S)[nH]c3=O)c2)n1. The number of carboxylic acid groups (broad SMARTS) is 1. The first-order valence-corrected chi connectivity index (χ1v) is 13.4. The topological polar surface area (TPSA) is 97.2 Å². The molecule has 6 rings (SSSR count). The number of benzene rings is 3. The summed E-state index contributed by atoms with van der Waals surface area (Å²) in [5.74, 6) is -0.125. The van der Waals surface area contributed by atoms with Crippen molar-refractivity contribution in [1.82, 2.24) is 14.5 Å². The number of nitrogens with one attached hydrogen (secondary N) is 1. The number of H-pyrrole nitrogens is 1. The van der Waals surface area contributed by atoms with E-state index in [1.165, 1.54) is 11.3 Å². The molecule has 0 atom stereocenters. The van der Waals surface area contributed by atoms with Crippen LogP contribution in [0.25, 0.3) is 22.7 Å². The van der Waals surface area contributed by atoms with Gasteiger partial charge in [0.1, 0.15) is 9.65 Å². The minimum atomic E-state index is -1.41. The molecular formula is C30H21N3O4S2. The number of fused-ring (bicyclic) bond motifs is 2. The Morgan fingerprint density at radius 1 is 1.00 bits per heavy atom. The summed E-state index contributed by atoms with van der Waals surface area (Å²) in [7, 11) is 0. The summed E-state index contributed by atoms with van der Waals surface area (Å²) in [5, 5.41) is 11.0. The molecule has 0 radical (unpaired) electrons. The number of aromatic nitrogens is 3. The van der Waals surface area contributed by atoms with Crippen molar-refractivity contribution in [2.24, 2.45) is 0 Å². The van der Waals surface area contributed by atoms with Crippen LogP contribution in [0, 0.1) is 4.64 Å². The van der Waals surface area contributed by atoms with Crippen LogP contribution in [0.2, 0.25) is 0 Å². The van der Waals surface area contributed by atoms with Crippen molar-refractivity contribution in [1.29, 1.82) is 0 Å². The van der Waals surface area contributed by atoms with Crippen molar-refractivity contribution >= 4 is 41.9 Å². The normalized spacial score (nSPS) is 12.4. The predicted octanol–water partition coefficient (Wildman–Crippen LogP) is 6.80. The first kappa shape index (κ1) is 24.7. The van der Waals surface area contributed by atoms with Gasteiger partial charge in [0.05, 0.1) is 11.9 Å². The first-order chi connectivity index (χ1) is 19.0. The van der Waals surface area contributed by atoms with E-state index >= 15 is 0 Å². The largest absolute Gasteiger partial charge is 0.512 e. The second-order valence-electron chi connectivity index (χ2n) is 9.06. The summed E-state index contributed by atoms with van der Waals surface area (Å²) in [6, 6.07) is 24.1. The highest BCUT2D eigenvalue weighted by molar-refractivity contribution is 7.71. The van der Waals surface area contributed by atoms with Crippen molar-refractivity contribution in [2.75, 3.05) is 0 Å². The molecule has 0 unspecified atom stereocenters. The van der Waals surface area contributed by atoms with Gasteiger partial charge in [-0.15, -0.1) is 11.3 Å². The maximum Gasteiger partial charge on any atom is 0.512 e. The molecule has 0 saturated heterocycles. The summed E-state index contributed by atoms with van der Waals surface area (Å²) in [6.07, 6.45) is 4.69. The van der Waals surface area contributed by atoms with E-state index in [4.69, 9.17) is 17.3 Å². The van der Waals surface area contributed by atoms with Crippen molar-refractivity contribution in [3.63, 3.8) is 0 Å². The van der Waals surface area contributed by atoms with Crippen LogP contribution in [0.15, 0.2) is 89.2 Å². The van der Waals surface area contributed by atoms with Crippen LogP contribution in [0.3, 0.4) is 0 Å². The molecule has 9 heteroatoms. The average Bonchev–Trinajstić information content (AvgIpc) is 3.32. The molecule has 2 N–H and O–H groups in total. The van der Waals surface area contributed by atoms with Crippen LogP contribution in [-0.4, -0.2) is 25.8 Å². The van der Waals surface area contributed by atoms with E-state index in [2.05, 4.69) is 51.1 Å². The fraction of sp³-hybridized carbons (Fsp3) is 0.0667. The second kappa shape index (κ2) is 10.3. The van der Waals surface area contributed by atoms with Crippen LogP contribution in [0.5, 0.6) is 5.88 Å². The van der Waals surface area contributed by atoms with E-state index in [9.17, 15) is 9.59 Å². The molecule has 0 bridgehead atoms. The molecule has 0 saturated carbocycles. The molecule has 0 amide bonds. The lowest BCUT2D eigenvalue weighted by Crippen LogP contribution is -2.25. The minimum absolute atomic E-state index is 0.0304. The smallest absolute Gasteiger partial charge is 0.449 e. The molecule has 2 aromatic heterocycles. The van der Waals surface area contributed by atoms with Crippen molar-refractivity contribution < 1.29 is 14.6 Å². The van der Waals surface area contributed by atoms with Crippen LogP contribution in [-0.2, 0) is 6.54 Å². The summed E-state index contributed by atoms with van der Waals surface area (Å²) in [4.78, 5) is 31.0. The van der Waals surface area contributed by atoms with Gasteiger partial charge in [0.25, 0.3) is 0 Å². The maximum atomic E-state index is 13.0. The number of thiazole rings is 1. The molecular weight excluding hydrogens is 530 g/mol. The van der Waals surface area contributed by atoms with Gasteiger partial charge in [-0.25, -0.2) is 14.6 Å². The lowest BCUT2D eigenvalue weighted by atomic mass is 9.83. The van der Waals surface area contributed by atoms with Gasteiger partial charge in [-0.2, -0.15) is 0 Å². The third kappa shape index (κ3) is 4.97. The zero-order chi connectivity index (χ0) is 26.9. The van der Waals surface area contributed by atoms with Gasteiger partial charge < -0.3 is 9.84 Å². The Balaban J connectivity index is 1.40. The third-order valence-corrected chi connectivity index (χ3v) is 7.82. The number of hydrogen-bond acceptors (Lipinski definition) is 6. The molecule has 3 aromatic carbocycles. The number of nitrogens with zero attached hydrogens (tertiary/aromatic N) is 2. The Morgan fingerprint density at radius 3 is 2.38 bits per heavy atom. The van der Waals surface area contributed by atoms with Gasteiger partial charge in [-0.1, -0.05) is 91.1 Å². The molecule has 39 heavy (non-hydrogen) atoms. The Morgan fingerprint density at radius 2 is 1.69 bits per heavy atom. The van der Waals surface area contributed by atoms with E-state index in [-0.39, 0.29) is 17.5 Å². The molecule has 5 aromatic rings. The zero-order valence-electron chi connectivity index (χ0n) is 20.4. The molecule has 1 aliphatic rings. The van der Waals surface area contributed by atoms with Gasteiger partial charge >= 0.3 is 11.8 Å². The van der Waals surface area contributed by atoms with Crippen LogP contribution < -0.4 is 10.4 Å². The van der Waals surface area contributed by atoms with E-state index in [0.717, 1.165) is 38.9 Å². The molecule has 0 fully saturated rings. The lowest BCUT2D eigenvalue weighted by molar-refractivity contribution is 0.143. The predicted molar refractivity (Wildman–Crippen MR) is 154 cm³/mol. The number of rotatable bonds is 5. The fourth-order valence-corrected chi connectivity index (χ4v) is 5.89. The van der Waals surface area contributed by atoms with E-state index in [0.29, 0.717) is 16.2 Å². The highest BCUT2D eigenvalue weighted by Gasteiger charge is 2.25. The highest BCUT2D eigenvalue weighted by atomic mass is 32.1. The van der Waals surface area contributed by atoms with Gasteiger partial charge in [0.15, 0.2) is 0 Å². The summed E-state index contributed by atoms with van der Waals surface area (Å²) < 4.78 is 6.70. The monoisotopic (exact) mass is 551 g/mol. The molecule has 1 aliphatic carbocycles. The van der Waals surface area contributed by atoms with Gasteiger partial charge in [-0.3, -0.25) is 9.55 Å².